The summed E-state index contributed by atoms with van der Waals surface area (Å²) in [5.41, 5.74) is 3.25. The zero-order valence-electron chi connectivity index (χ0n) is 16.3. The summed E-state index contributed by atoms with van der Waals surface area (Å²) in [6, 6.07) is 16.2. The van der Waals surface area contributed by atoms with Gasteiger partial charge >= 0.3 is 5.97 Å². The van der Waals surface area contributed by atoms with E-state index in [9.17, 15) is 4.79 Å². The van der Waals surface area contributed by atoms with E-state index in [2.05, 4.69) is 10.3 Å². The summed E-state index contributed by atoms with van der Waals surface area (Å²) in [4.78, 5) is 14.9. The largest absolute Gasteiger partial charge is 0.493 e. The van der Waals surface area contributed by atoms with E-state index in [1.54, 1.807) is 43.6 Å². The second-order valence-electron chi connectivity index (χ2n) is 6.37. The topological polar surface area (TPSA) is 80.7 Å². The van der Waals surface area contributed by atoms with Crippen molar-refractivity contribution in [2.24, 2.45) is 0 Å². The molecular formula is C22H22Cl2N2O4. The molecule has 0 saturated heterocycles. The van der Waals surface area contributed by atoms with Crippen LogP contribution in [0.4, 0.5) is 0 Å². The molecule has 0 aliphatic rings. The average molecular weight is 449 g/mol. The van der Waals surface area contributed by atoms with Crippen molar-refractivity contribution in [2.45, 2.75) is 19.7 Å². The number of pyridine rings is 1. The molecule has 0 atom stereocenters. The molecule has 1 aromatic heterocycles. The van der Waals surface area contributed by atoms with Crippen LogP contribution in [0.2, 0.25) is 5.15 Å². The van der Waals surface area contributed by atoms with Crippen LogP contribution in [0.15, 0.2) is 60.8 Å². The molecule has 158 valence electrons. The lowest BCUT2D eigenvalue weighted by Crippen LogP contribution is -2.13. The molecule has 0 spiro atoms. The maximum atomic E-state index is 10.9. The van der Waals surface area contributed by atoms with Crippen molar-refractivity contribution in [3.63, 3.8) is 0 Å². The lowest BCUT2D eigenvalue weighted by molar-refractivity contribution is 0.0697. The normalized spacial score (nSPS) is 10.2. The number of nitrogens with one attached hydrogen (secondary N) is 1. The molecule has 3 rings (SSSR count). The number of rotatable bonds is 9. The standard InChI is InChI=1S/C22H21ClN2O4.ClH/c1-28-20-10-16(12-24-11-15-2-6-18(7-3-15)22(26)27)4-8-19(20)29-14-17-5-9-21(23)25-13-17;/h2-10,13,24H,11-12,14H2,1H3,(H,26,27);1H. The van der Waals surface area contributed by atoms with Crippen molar-refractivity contribution >= 4 is 30.0 Å². The minimum Gasteiger partial charge on any atom is -0.493 e. The third-order valence-corrected chi connectivity index (χ3v) is 4.49. The third kappa shape index (κ3) is 6.62. The Morgan fingerprint density at radius 2 is 1.67 bits per heavy atom. The zero-order valence-corrected chi connectivity index (χ0v) is 17.9. The van der Waals surface area contributed by atoms with E-state index < -0.39 is 5.97 Å². The minimum atomic E-state index is -0.925. The van der Waals surface area contributed by atoms with Gasteiger partial charge in [0.1, 0.15) is 11.8 Å². The summed E-state index contributed by atoms with van der Waals surface area (Å²) < 4.78 is 11.3. The molecule has 8 heteroatoms. The highest BCUT2D eigenvalue weighted by Crippen LogP contribution is 2.29. The average Bonchev–Trinajstić information content (AvgIpc) is 2.74. The molecule has 0 aliphatic carbocycles. The van der Waals surface area contributed by atoms with Crippen LogP contribution in [0, 0.1) is 0 Å². The van der Waals surface area contributed by atoms with Crippen molar-refractivity contribution in [2.75, 3.05) is 7.11 Å². The Labute approximate surface area is 186 Å². The molecule has 6 nitrogen and oxygen atoms in total. The number of benzene rings is 2. The second-order valence-corrected chi connectivity index (χ2v) is 6.76. The first-order chi connectivity index (χ1) is 14.0. The predicted octanol–water partition coefficient (Wildman–Crippen LogP) is 4.73. The zero-order chi connectivity index (χ0) is 20.6. The van der Waals surface area contributed by atoms with Gasteiger partial charge in [0.05, 0.1) is 12.7 Å². The van der Waals surface area contributed by atoms with E-state index in [0.717, 1.165) is 16.7 Å². The maximum absolute atomic E-state index is 10.9. The number of halogens is 2. The van der Waals surface area contributed by atoms with E-state index in [1.807, 2.05) is 24.3 Å². The van der Waals surface area contributed by atoms with E-state index in [-0.39, 0.29) is 18.0 Å². The number of carboxylic acid groups (broad SMARTS) is 1. The summed E-state index contributed by atoms with van der Waals surface area (Å²) in [6.07, 6.45) is 1.68. The van der Waals surface area contributed by atoms with Gasteiger partial charge in [-0.15, -0.1) is 12.4 Å². The number of nitrogens with zero attached hydrogens (tertiary/aromatic N) is 1. The van der Waals surface area contributed by atoms with Crippen LogP contribution in [-0.4, -0.2) is 23.2 Å². The van der Waals surface area contributed by atoms with Crippen LogP contribution < -0.4 is 14.8 Å². The van der Waals surface area contributed by atoms with Crippen LogP contribution >= 0.6 is 24.0 Å². The first-order valence-corrected chi connectivity index (χ1v) is 9.36. The van der Waals surface area contributed by atoms with E-state index in [0.29, 0.717) is 36.3 Å². The second kappa shape index (κ2) is 11.4. The lowest BCUT2D eigenvalue weighted by atomic mass is 10.1. The van der Waals surface area contributed by atoms with Crippen molar-refractivity contribution in [3.8, 4) is 11.5 Å². The number of hydrogen-bond donors (Lipinski definition) is 2. The number of carboxylic acids is 1. The van der Waals surface area contributed by atoms with Crippen LogP contribution in [0.3, 0.4) is 0 Å². The van der Waals surface area contributed by atoms with Gasteiger partial charge in [0, 0.05) is 24.8 Å². The number of carbonyl (C=O) groups is 1. The highest BCUT2D eigenvalue weighted by Gasteiger charge is 2.07. The fraction of sp³-hybridized carbons (Fsp3) is 0.182. The molecule has 0 unspecified atom stereocenters. The molecule has 3 aromatic rings. The van der Waals surface area contributed by atoms with Crippen LogP contribution in [0.25, 0.3) is 0 Å². The SMILES string of the molecule is COc1cc(CNCc2ccc(C(=O)O)cc2)ccc1OCc1ccc(Cl)nc1.Cl. The van der Waals surface area contributed by atoms with E-state index in [4.69, 9.17) is 26.2 Å². The van der Waals surface area contributed by atoms with Gasteiger partial charge in [-0.05, 0) is 41.5 Å². The highest BCUT2D eigenvalue weighted by molar-refractivity contribution is 6.29. The molecule has 30 heavy (non-hydrogen) atoms. The third-order valence-electron chi connectivity index (χ3n) is 4.27. The predicted molar refractivity (Wildman–Crippen MR) is 118 cm³/mol. The monoisotopic (exact) mass is 448 g/mol. The van der Waals surface area contributed by atoms with Crippen molar-refractivity contribution in [1.29, 1.82) is 0 Å². The first kappa shape index (κ1) is 23.5. The first-order valence-electron chi connectivity index (χ1n) is 8.98. The summed E-state index contributed by atoms with van der Waals surface area (Å²) in [7, 11) is 1.60. The number of aromatic carboxylic acids is 1. The Bertz CT molecular complexity index is 964. The van der Waals surface area contributed by atoms with E-state index >= 15 is 0 Å². The van der Waals surface area contributed by atoms with Crippen molar-refractivity contribution in [3.05, 3.63) is 88.2 Å². The fourth-order valence-electron chi connectivity index (χ4n) is 2.71. The Morgan fingerprint density at radius 1 is 1.00 bits per heavy atom. The number of aromatic nitrogens is 1. The summed E-state index contributed by atoms with van der Waals surface area (Å²) >= 11 is 5.79. The molecule has 0 bridgehead atoms. The number of ether oxygens (including phenoxy) is 2. The van der Waals surface area contributed by atoms with Crippen LogP contribution in [0.5, 0.6) is 11.5 Å². The molecule has 2 N–H and O–H groups in total. The molecule has 0 saturated carbocycles. The minimum absolute atomic E-state index is 0. The highest BCUT2D eigenvalue weighted by atomic mass is 35.5. The summed E-state index contributed by atoms with van der Waals surface area (Å²) in [5, 5.41) is 12.7. The van der Waals surface area contributed by atoms with Crippen LogP contribution in [0.1, 0.15) is 27.0 Å². The number of hydrogen-bond acceptors (Lipinski definition) is 5. The quantitative estimate of drug-likeness (QED) is 0.460. The molecule has 1 heterocycles. The van der Waals surface area contributed by atoms with E-state index in [1.165, 1.54) is 0 Å². The fourth-order valence-corrected chi connectivity index (χ4v) is 2.82. The van der Waals surface area contributed by atoms with Gasteiger partial charge in [0.15, 0.2) is 11.5 Å². The van der Waals surface area contributed by atoms with Gasteiger partial charge in [-0.2, -0.15) is 0 Å². The summed E-state index contributed by atoms with van der Waals surface area (Å²) in [6.45, 7) is 1.63. The number of methoxy groups -OCH3 is 1. The van der Waals surface area contributed by atoms with Gasteiger partial charge in [0.25, 0.3) is 0 Å². The smallest absolute Gasteiger partial charge is 0.335 e. The van der Waals surface area contributed by atoms with Gasteiger partial charge in [-0.25, -0.2) is 9.78 Å². The lowest BCUT2D eigenvalue weighted by Gasteiger charge is -2.13. The molecule has 0 aliphatic heterocycles. The van der Waals surface area contributed by atoms with Gasteiger partial charge in [-0.3, -0.25) is 0 Å². The Balaban J connectivity index is 0.00000320. The molecule has 2 aromatic carbocycles. The van der Waals surface area contributed by atoms with Gasteiger partial charge in [0.2, 0.25) is 0 Å². The molecular weight excluding hydrogens is 427 g/mol. The maximum Gasteiger partial charge on any atom is 0.335 e. The van der Waals surface area contributed by atoms with Crippen molar-refractivity contribution < 1.29 is 19.4 Å². The Morgan fingerprint density at radius 3 is 2.30 bits per heavy atom. The molecule has 0 amide bonds. The Kier molecular flexibility index (Phi) is 8.92. The molecule has 0 radical (unpaired) electrons. The van der Waals surface area contributed by atoms with Crippen molar-refractivity contribution in [1.82, 2.24) is 10.3 Å². The van der Waals surface area contributed by atoms with Crippen LogP contribution in [-0.2, 0) is 19.7 Å². The Hall–Kier alpha value is -2.80. The van der Waals surface area contributed by atoms with Gasteiger partial charge in [-0.1, -0.05) is 35.9 Å². The molecule has 0 fully saturated rings. The van der Waals surface area contributed by atoms with Gasteiger partial charge < -0.3 is 19.9 Å². The summed E-state index contributed by atoms with van der Waals surface area (Å²) in [5.74, 6) is 0.374.